The molecule has 0 aliphatic heterocycles. The number of rotatable bonds is 5. The van der Waals surface area contributed by atoms with Gasteiger partial charge in [-0.25, -0.2) is 0 Å². The highest BCUT2D eigenvalue weighted by Gasteiger charge is 2.17. The molecule has 3 rings (SSSR count). The van der Waals surface area contributed by atoms with Crippen molar-refractivity contribution in [2.45, 2.75) is 0 Å². The third kappa shape index (κ3) is 4.32. The maximum absolute atomic E-state index is 6.03. The summed E-state index contributed by atoms with van der Waals surface area (Å²) in [6.07, 6.45) is 0. The Labute approximate surface area is 177 Å². The zero-order valence-corrected chi connectivity index (χ0v) is 17.6. The molecule has 130 valence electrons. The Hall–Kier alpha value is -1.75. The molecule has 0 saturated carbocycles. The van der Waals surface area contributed by atoms with Crippen LogP contribution in [0.25, 0.3) is 11.4 Å². The Bertz CT molecular complexity index is 872. The fourth-order valence-electron chi connectivity index (χ4n) is 2.61. The van der Waals surface area contributed by atoms with Crippen LogP contribution in [-0.2, 0) is 0 Å². The van der Waals surface area contributed by atoms with Gasteiger partial charge in [0.25, 0.3) is 0 Å². The second-order valence-corrected chi connectivity index (χ2v) is 7.84. The first-order chi connectivity index (χ1) is 12.5. The lowest BCUT2D eigenvalue weighted by Crippen LogP contribution is -2.18. The number of hydrogen-bond donors (Lipinski definition) is 0. The van der Waals surface area contributed by atoms with Crippen LogP contribution in [0.2, 0.25) is 10.0 Å². The summed E-state index contributed by atoms with van der Waals surface area (Å²) in [7, 11) is 0. The van der Waals surface area contributed by atoms with E-state index >= 15 is 0 Å². The molecule has 4 heteroatoms. The summed E-state index contributed by atoms with van der Waals surface area (Å²) in [4.78, 5) is 2.04. The quantitative estimate of drug-likeness (QED) is 0.330. The SMILES string of the molecule is C=C(c1ccc(Cl)cc1)N(C(=C)c1ccc(Cl)cc1)c1ccc(I)cc1. The summed E-state index contributed by atoms with van der Waals surface area (Å²) < 4.78 is 1.17. The molecule has 0 aliphatic rings. The van der Waals surface area contributed by atoms with E-state index in [4.69, 9.17) is 23.2 Å². The van der Waals surface area contributed by atoms with Crippen LogP contribution in [0.15, 0.2) is 86.0 Å². The fourth-order valence-corrected chi connectivity index (χ4v) is 3.22. The third-order valence-corrected chi connectivity index (χ3v) is 5.20. The van der Waals surface area contributed by atoms with Crippen LogP contribution in [0.1, 0.15) is 11.1 Å². The van der Waals surface area contributed by atoms with E-state index in [0.29, 0.717) is 10.0 Å². The van der Waals surface area contributed by atoms with Gasteiger partial charge < -0.3 is 4.90 Å². The second-order valence-electron chi connectivity index (χ2n) is 5.72. The van der Waals surface area contributed by atoms with Gasteiger partial charge in [0, 0.05) is 30.7 Å². The maximum atomic E-state index is 6.03. The Balaban J connectivity index is 2.05. The summed E-state index contributed by atoms with van der Waals surface area (Å²) in [6.45, 7) is 8.62. The zero-order chi connectivity index (χ0) is 18.7. The molecule has 0 saturated heterocycles. The van der Waals surface area contributed by atoms with E-state index in [1.165, 1.54) is 3.57 Å². The molecule has 0 atom stereocenters. The van der Waals surface area contributed by atoms with Crippen LogP contribution in [0, 0.1) is 3.57 Å². The van der Waals surface area contributed by atoms with Crippen LogP contribution in [0.4, 0.5) is 5.69 Å². The largest absolute Gasteiger partial charge is 0.310 e. The lowest BCUT2D eigenvalue weighted by atomic mass is 10.1. The van der Waals surface area contributed by atoms with Gasteiger partial charge in [-0.05, 0) is 82.2 Å². The molecule has 0 radical (unpaired) electrons. The van der Waals surface area contributed by atoms with Crippen molar-refractivity contribution in [3.8, 4) is 0 Å². The van der Waals surface area contributed by atoms with Crippen molar-refractivity contribution in [2.75, 3.05) is 4.90 Å². The van der Waals surface area contributed by atoms with Crippen molar-refractivity contribution in [2.24, 2.45) is 0 Å². The van der Waals surface area contributed by atoms with Crippen LogP contribution in [0.5, 0.6) is 0 Å². The topological polar surface area (TPSA) is 3.24 Å². The smallest absolute Gasteiger partial charge is 0.0462 e. The van der Waals surface area contributed by atoms with Gasteiger partial charge in [-0.1, -0.05) is 60.6 Å². The van der Waals surface area contributed by atoms with Gasteiger partial charge in [0.15, 0.2) is 0 Å². The molecule has 3 aromatic rings. The molecule has 0 amide bonds. The number of hydrogen-bond acceptors (Lipinski definition) is 1. The average molecular weight is 492 g/mol. The molecule has 0 unspecified atom stereocenters. The fraction of sp³-hybridized carbons (Fsp3) is 0. The predicted molar refractivity (Wildman–Crippen MR) is 123 cm³/mol. The van der Waals surface area contributed by atoms with E-state index in [0.717, 1.165) is 28.2 Å². The molecule has 0 heterocycles. The van der Waals surface area contributed by atoms with E-state index in [1.54, 1.807) is 0 Å². The molecular weight excluding hydrogens is 476 g/mol. The number of nitrogens with zero attached hydrogens (tertiary/aromatic N) is 1. The second kappa shape index (κ2) is 8.30. The maximum Gasteiger partial charge on any atom is 0.0462 e. The molecule has 0 spiro atoms. The van der Waals surface area contributed by atoms with Crippen LogP contribution >= 0.6 is 45.8 Å². The first kappa shape index (κ1) is 19.0. The first-order valence-corrected chi connectivity index (χ1v) is 9.74. The highest BCUT2D eigenvalue weighted by atomic mass is 127. The normalized spacial score (nSPS) is 10.4. The molecule has 26 heavy (non-hydrogen) atoms. The Kier molecular flexibility index (Phi) is 6.07. The van der Waals surface area contributed by atoms with Crippen molar-refractivity contribution < 1.29 is 0 Å². The zero-order valence-electron chi connectivity index (χ0n) is 13.9. The standard InChI is InChI=1S/C22H16Cl2IN/c1-15(17-3-7-19(23)8-4-17)26(22-13-11-21(25)12-14-22)16(2)18-5-9-20(24)10-6-18/h3-14H,1-2H2. The summed E-state index contributed by atoms with van der Waals surface area (Å²) >= 11 is 14.4. The van der Waals surface area contributed by atoms with E-state index in [2.05, 4.69) is 60.0 Å². The molecule has 1 nitrogen and oxygen atoms in total. The molecule has 3 aromatic carbocycles. The van der Waals surface area contributed by atoms with Crippen LogP contribution in [-0.4, -0.2) is 0 Å². The molecule has 0 aromatic heterocycles. The highest BCUT2D eigenvalue weighted by molar-refractivity contribution is 14.1. The van der Waals surface area contributed by atoms with Gasteiger partial charge in [0.2, 0.25) is 0 Å². The van der Waals surface area contributed by atoms with Crippen molar-refractivity contribution in [1.82, 2.24) is 0 Å². The number of benzene rings is 3. The lowest BCUT2D eigenvalue weighted by Gasteiger charge is -2.29. The molecular formula is C22H16Cl2IN. The Morgan fingerprint density at radius 2 is 1.04 bits per heavy atom. The monoisotopic (exact) mass is 491 g/mol. The molecule has 0 aliphatic carbocycles. The van der Waals surface area contributed by atoms with Crippen molar-refractivity contribution in [1.29, 1.82) is 0 Å². The van der Waals surface area contributed by atoms with Crippen LogP contribution in [0.3, 0.4) is 0 Å². The van der Waals surface area contributed by atoms with Gasteiger partial charge in [-0.3, -0.25) is 0 Å². The minimum Gasteiger partial charge on any atom is -0.310 e. The van der Waals surface area contributed by atoms with E-state index in [1.807, 2.05) is 53.4 Å². The molecule has 0 N–H and O–H groups in total. The highest BCUT2D eigenvalue weighted by Crippen LogP contribution is 2.34. The predicted octanol–water partition coefficient (Wildman–Crippen LogP) is 7.75. The third-order valence-electron chi connectivity index (χ3n) is 3.98. The lowest BCUT2D eigenvalue weighted by molar-refractivity contribution is 1.31. The van der Waals surface area contributed by atoms with E-state index in [9.17, 15) is 0 Å². The minimum atomic E-state index is 0.693. The van der Waals surface area contributed by atoms with Crippen molar-refractivity contribution in [3.05, 3.63) is 111 Å². The Morgan fingerprint density at radius 1 is 0.654 bits per heavy atom. The molecule has 0 fully saturated rings. The number of halogens is 3. The Morgan fingerprint density at radius 3 is 1.42 bits per heavy atom. The summed E-state index contributed by atoms with van der Waals surface area (Å²) in [6, 6.07) is 23.5. The van der Waals surface area contributed by atoms with Crippen LogP contribution < -0.4 is 4.90 Å². The minimum absolute atomic E-state index is 0.693. The van der Waals surface area contributed by atoms with Gasteiger partial charge in [0.1, 0.15) is 0 Å². The van der Waals surface area contributed by atoms with E-state index in [-0.39, 0.29) is 0 Å². The number of anilines is 1. The van der Waals surface area contributed by atoms with Gasteiger partial charge in [-0.2, -0.15) is 0 Å². The summed E-state index contributed by atoms with van der Waals surface area (Å²) in [5.74, 6) is 0. The van der Waals surface area contributed by atoms with Gasteiger partial charge in [0.05, 0.1) is 0 Å². The van der Waals surface area contributed by atoms with Crippen molar-refractivity contribution in [3.63, 3.8) is 0 Å². The average Bonchev–Trinajstić information content (AvgIpc) is 2.64. The van der Waals surface area contributed by atoms with Gasteiger partial charge >= 0.3 is 0 Å². The first-order valence-electron chi connectivity index (χ1n) is 7.91. The summed E-state index contributed by atoms with van der Waals surface area (Å²) in [5, 5.41) is 1.39. The summed E-state index contributed by atoms with van der Waals surface area (Å²) in [5.41, 5.74) is 4.59. The van der Waals surface area contributed by atoms with Crippen molar-refractivity contribution >= 4 is 62.9 Å². The molecule has 0 bridgehead atoms. The van der Waals surface area contributed by atoms with Gasteiger partial charge in [-0.15, -0.1) is 0 Å². The van der Waals surface area contributed by atoms with E-state index < -0.39 is 0 Å².